The molecule has 0 saturated heterocycles. The minimum Gasteiger partial charge on any atom is -0.465 e. The molecule has 0 bridgehead atoms. The SMILES string of the molecule is COC(=O)c1ccc(NS(=O)(=O)c2ccc(OC(F)F)c(Cl)c2)cc1. The van der Waals surface area contributed by atoms with Gasteiger partial charge in [0.25, 0.3) is 10.0 Å². The number of carbonyl (C=O) groups is 1. The molecule has 0 aliphatic rings. The number of hydrogen-bond donors (Lipinski definition) is 1. The molecule has 0 heterocycles. The lowest BCUT2D eigenvalue weighted by Crippen LogP contribution is -2.13. The molecule has 2 aromatic carbocycles. The number of halogens is 3. The summed E-state index contributed by atoms with van der Waals surface area (Å²) in [5.41, 5.74) is 0.443. The van der Waals surface area contributed by atoms with Crippen molar-refractivity contribution in [1.29, 1.82) is 0 Å². The van der Waals surface area contributed by atoms with Crippen LogP contribution in [0.1, 0.15) is 10.4 Å². The van der Waals surface area contributed by atoms with Gasteiger partial charge < -0.3 is 9.47 Å². The van der Waals surface area contributed by atoms with Gasteiger partial charge in [-0.05, 0) is 42.5 Å². The summed E-state index contributed by atoms with van der Waals surface area (Å²) in [6, 6.07) is 8.62. The van der Waals surface area contributed by atoms with Crippen LogP contribution in [0.25, 0.3) is 0 Å². The molecule has 2 rings (SSSR count). The predicted molar refractivity (Wildman–Crippen MR) is 86.7 cm³/mol. The van der Waals surface area contributed by atoms with Crippen molar-refractivity contribution >= 4 is 33.3 Å². The number of alkyl halides is 2. The Kier molecular flexibility index (Phi) is 5.81. The van der Waals surface area contributed by atoms with Gasteiger partial charge >= 0.3 is 12.6 Å². The Hall–Kier alpha value is -2.39. The monoisotopic (exact) mass is 391 g/mol. The highest BCUT2D eigenvalue weighted by Crippen LogP contribution is 2.29. The van der Waals surface area contributed by atoms with E-state index in [1.165, 1.54) is 31.4 Å². The molecule has 0 aromatic heterocycles. The Bertz CT molecular complexity index is 872. The second-order valence-electron chi connectivity index (χ2n) is 4.65. The summed E-state index contributed by atoms with van der Waals surface area (Å²) in [7, 11) is -2.79. The van der Waals surface area contributed by atoms with Gasteiger partial charge in [0.2, 0.25) is 0 Å². The van der Waals surface area contributed by atoms with Gasteiger partial charge in [-0.1, -0.05) is 11.6 Å². The lowest BCUT2D eigenvalue weighted by atomic mass is 10.2. The first-order valence-corrected chi connectivity index (χ1v) is 8.54. The normalized spacial score (nSPS) is 11.2. The summed E-state index contributed by atoms with van der Waals surface area (Å²) in [6.45, 7) is -3.08. The molecular formula is C15H12ClF2NO5S. The van der Waals surface area contributed by atoms with E-state index in [9.17, 15) is 22.0 Å². The van der Waals surface area contributed by atoms with Crippen LogP contribution in [-0.2, 0) is 14.8 Å². The van der Waals surface area contributed by atoms with Crippen molar-refractivity contribution in [2.75, 3.05) is 11.8 Å². The molecule has 0 aliphatic heterocycles. The number of carbonyl (C=O) groups excluding carboxylic acids is 1. The molecular weight excluding hydrogens is 380 g/mol. The molecule has 0 radical (unpaired) electrons. The van der Waals surface area contributed by atoms with E-state index in [0.29, 0.717) is 0 Å². The molecule has 0 fully saturated rings. The standard InChI is InChI=1S/C15H12ClF2NO5S/c1-23-14(20)9-2-4-10(5-3-9)19-25(21,22)11-6-7-13(12(16)8-11)24-15(17)18/h2-8,15,19H,1H3. The number of hydrogen-bond acceptors (Lipinski definition) is 5. The smallest absolute Gasteiger partial charge is 0.387 e. The van der Waals surface area contributed by atoms with E-state index in [1.807, 2.05) is 0 Å². The fourth-order valence-electron chi connectivity index (χ4n) is 1.85. The van der Waals surface area contributed by atoms with Gasteiger partial charge in [-0.3, -0.25) is 4.72 Å². The molecule has 25 heavy (non-hydrogen) atoms. The van der Waals surface area contributed by atoms with Gasteiger partial charge in [0, 0.05) is 5.69 Å². The molecule has 2 aromatic rings. The zero-order chi connectivity index (χ0) is 18.6. The van der Waals surface area contributed by atoms with Crippen molar-refractivity contribution in [3.05, 3.63) is 53.1 Å². The van der Waals surface area contributed by atoms with Crippen LogP contribution in [0.5, 0.6) is 5.75 Å². The molecule has 0 unspecified atom stereocenters. The van der Waals surface area contributed by atoms with Crippen molar-refractivity contribution in [1.82, 2.24) is 0 Å². The van der Waals surface area contributed by atoms with Gasteiger partial charge in [0.05, 0.1) is 22.6 Å². The lowest BCUT2D eigenvalue weighted by Gasteiger charge is -2.11. The van der Waals surface area contributed by atoms with Crippen LogP contribution < -0.4 is 9.46 Å². The van der Waals surface area contributed by atoms with Crippen LogP contribution in [-0.4, -0.2) is 28.1 Å². The van der Waals surface area contributed by atoms with E-state index < -0.39 is 22.6 Å². The third-order valence-electron chi connectivity index (χ3n) is 2.99. The third-order valence-corrected chi connectivity index (χ3v) is 4.66. The van der Waals surface area contributed by atoms with Gasteiger partial charge in [0.15, 0.2) is 0 Å². The first-order chi connectivity index (χ1) is 11.7. The number of nitrogens with one attached hydrogen (secondary N) is 1. The summed E-state index contributed by atoms with van der Waals surface area (Å²) >= 11 is 5.75. The molecule has 0 saturated carbocycles. The van der Waals surface area contributed by atoms with Crippen LogP contribution in [0.2, 0.25) is 5.02 Å². The van der Waals surface area contributed by atoms with E-state index in [2.05, 4.69) is 14.2 Å². The molecule has 10 heteroatoms. The Morgan fingerprint density at radius 3 is 2.32 bits per heavy atom. The van der Waals surface area contributed by atoms with Crippen LogP contribution in [0.3, 0.4) is 0 Å². The summed E-state index contributed by atoms with van der Waals surface area (Å²) in [6.07, 6.45) is 0. The second kappa shape index (κ2) is 7.66. The van der Waals surface area contributed by atoms with Gasteiger partial charge in [-0.25, -0.2) is 13.2 Å². The predicted octanol–water partition coefficient (Wildman–Crippen LogP) is 3.53. The number of rotatable bonds is 6. The van der Waals surface area contributed by atoms with Crippen molar-refractivity contribution in [2.24, 2.45) is 0 Å². The number of methoxy groups -OCH3 is 1. The maximum Gasteiger partial charge on any atom is 0.387 e. The van der Waals surface area contributed by atoms with Gasteiger partial charge in [0.1, 0.15) is 5.75 Å². The van der Waals surface area contributed by atoms with E-state index in [4.69, 9.17) is 11.6 Å². The Morgan fingerprint density at radius 2 is 1.80 bits per heavy atom. The van der Waals surface area contributed by atoms with Crippen molar-refractivity contribution < 1.29 is 31.5 Å². The summed E-state index contributed by atoms with van der Waals surface area (Å²) in [5.74, 6) is -0.895. The number of anilines is 1. The molecule has 1 N–H and O–H groups in total. The average Bonchev–Trinajstić information content (AvgIpc) is 2.56. The molecule has 0 spiro atoms. The Balaban J connectivity index is 2.21. The summed E-state index contributed by atoms with van der Waals surface area (Å²) in [5, 5.41) is -0.274. The number of sulfonamides is 1. The fraction of sp³-hybridized carbons (Fsp3) is 0.133. The molecule has 6 nitrogen and oxygen atoms in total. The van der Waals surface area contributed by atoms with E-state index >= 15 is 0 Å². The van der Waals surface area contributed by atoms with E-state index in [1.54, 1.807) is 0 Å². The number of esters is 1. The van der Waals surface area contributed by atoms with Gasteiger partial charge in [-0.15, -0.1) is 0 Å². The Morgan fingerprint density at radius 1 is 1.16 bits per heavy atom. The largest absolute Gasteiger partial charge is 0.465 e. The zero-order valence-electron chi connectivity index (χ0n) is 12.7. The molecule has 0 aliphatic carbocycles. The number of benzene rings is 2. The average molecular weight is 392 g/mol. The van der Waals surface area contributed by atoms with Crippen molar-refractivity contribution in [3.63, 3.8) is 0 Å². The fourth-order valence-corrected chi connectivity index (χ4v) is 3.22. The van der Waals surface area contributed by atoms with Gasteiger partial charge in [-0.2, -0.15) is 8.78 Å². The summed E-state index contributed by atoms with van der Waals surface area (Å²) in [4.78, 5) is 11.1. The third kappa shape index (κ3) is 4.80. The highest BCUT2D eigenvalue weighted by Gasteiger charge is 2.18. The van der Waals surface area contributed by atoms with Crippen LogP contribution in [0.15, 0.2) is 47.4 Å². The topological polar surface area (TPSA) is 81.7 Å². The molecule has 134 valence electrons. The van der Waals surface area contributed by atoms with Crippen molar-refractivity contribution in [2.45, 2.75) is 11.5 Å². The second-order valence-corrected chi connectivity index (χ2v) is 6.73. The van der Waals surface area contributed by atoms with Crippen LogP contribution in [0, 0.1) is 0 Å². The van der Waals surface area contributed by atoms with Crippen LogP contribution in [0.4, 0.5) is 14.5 Å². The minimum atomic E-state index is -4.01. The van der Waals surface area contributed by atoms with Crippen LogP contribution >= 0.6 is 11.6 Å². The number of ether oxygens (including phenoxy) is 2. The maximum absolute atomic E-state index is 12.3. The van der Waals surface area contributed by atoms with E-state index in [-0.39, 0.29) is 26.9 Å². The highest BCUT2D eigenvalue weighted by molar-refractivity contribution is 7.92. The maximum atomic E-state index is 12.3. The van der Waals surface area contributed by atoms with Crippen molar-refractivity contribution in [3.8, 4) is 5.75 Å². The summed E-state index contributed by atoms with van der Waals surface area (Å²) < 4.78 is 60.0. The quantitative estimate of drug-likeness (QED) is 0.762. The minimum absolute atomic E-state index is 0.191. The Labute approximate surface area is 147 Å². The van der Waals surface area contributed by atoms with E-state index in [0.717, 1.165) is 18.2 Å². The highest BCUT2D eigenvalue weighted by atomic mass is 35.5. The first-order valence-electron chi connectivity index (χ1n) is 6.68. The lowest BCUT2D eigenvalue weighted by molar-refractivity contribution is -0.0498. The molecule has 0 atom stereocenters. The molecule has 0 amide bonds. The zero-order valence-corrected chi connectivity index (χ0v) is 14.3. The first kappa shape index (κ1) is 18.9.